The van der Waals surface area contributed by atoms with E-state index >= 15 is 0 Å². The van der Waals surface area contributed by atoms with Gasteiger partial charge in [-0.1, -0.05) is 0 Å². The van der Waals surface area contributed by atoms with Crippen LogP contribution in [-0.4, -0.2) is 0 Å². The highest BCUT2D eigenvalue weighted by Crippen LogP contribution is 2.26. The zero-order chi connectivity index (χ0) is 8.55. The largest absolute Gasteiger partial charge is 0.398 e. The van der Waals surface area contributed by atoms with Gasteiger partial charge in [0.15, 0.2) is 0 Å². The van der Waals surface area contributed by atoms with Crippen LogP contribution in [0, 0.1) is 5.82 Å². The fourth-order valence-electron chi connectivity index (χ4n) is 1.86. The summed E-state index contributed by atoms with van der Waals surface area (Å²) in [5, 5.41) is 0. The van der Waals surface area contributed by atoms with Gasteiger partial charge in [0.2, 0.25) is 0 Å². The van der Waals surface area contributed by atoms with E-state index in [0.717, 1.165) is 24.8 Å². The number of hydrogen-bond donors (Lipinski definition) is 1. The minimum Gasteiger partial charge on any atom is -0.398 e. The molecule has 0 atom stereocenters. The van der Waals surface area contributed by atoms with Gasteiger partial charge in [-0.25, -0.2) is 4.39 Å². The average Bonchev–Trinajstić information content (AvgIpc) is 2.04. The van der Waals surface area contributed by atoms with Gasteiger partial charge in [-0.15, -0.1) is 0 Å². The smallest absolute Gasteiger partial charge is 0.125 e. The molecule has 12 heavy (non-hydrogen) atoms. The highest BCUT2D eigenvalue weighted by molar-refractivity contribution is 5.52. The van der Waals surface area contributed by atoms with Crippen molar-refractivity contribution < 1.29 is 4.39 Å². The molecule has 0 unspecified atom stereocenters. The van der Waals surface area contributed by atoms with Crippen molar-refractivity contribution in [3.05, 3.63) is 29.1 Å². The van der Waals surface area contributed by atoms with Crippen LogP contribution in [0.25, 0.3) is 0 Å². The Labute approximate surface area is 71.4 Å². The lowest BCUT2D eigenvalue weighted by Gasteiger charge is -2.17. The number of fused-ring (bicyclic) bond motifs is 1. The zero-order valence-corrected chi connectivity index (χ0v) is 6.94. The van der Waals surface area contributed by atoms with Gasteiger partial charge < -0.3 is 5.73 Å². The maximum absolute atomic E-state index is 12.9. The maximum atomic E-state index is 12.9. The molecule has 0 heterocycles. The first-order valence-electron chi connectivity index (χ1n) is 4.34. The predicted molar refractivity (Wildman–Crippen MR) is 47.5 cm³/mol. The van der Waals surface area contributed by atoms with E-state index in [2.05, 4.69) is 0 Å². The van der Waals surface area contributed by atoms with E-state index in [1.165, 1.54) is 18.1 Å². The fraction of sp³-hybridized carbons (Fsp3) is 0.400. The molecule has 1 aromatic carbocycles. The second-order valence-corrected chi connectivity index (χ2v) is 3.34. The number of hydrogen-bond acceptors (Lipinski definition) is 1. The van der Waals surface area contributed by atoms with Crippen LogP contribution in [0.5, 0.6) is 0 Å². The summed E-state index contributed by atoms with van der Waals surface area (Å²) in [5.41, 5.74) is 8.61. The van der Waals surface area contributed by atoms with E-state index in [1.807, 2.05) is 0 Å². The van der Waals surface area contributed by atoms with Crippen molar-refractivity contribution in [1.82, 2.24) is 0 Å². The van der Waals surface area contributed by atoms with Crippen molar-refractivity contribution in [2.45, 2.75) is 25.7 Å². The van der Waals surface area contributed by atoms with Gasteiger partial charge in [-0.05, 0) is 48.9 Å². The van der Waals surface area contributed by atoms with Crippen molar-refractivity contribution in [3.8, 4) is 0 Å². The van der Waals surface area contributed by atoms with Crippen LogP contribution in [0.3, 0.4) is 0 Å². The Kier molecular flexibility index (Phi) is 1.75. The van der Waals surface area contributed by atoms with Gasteiger partial charge in [0.1, 0.15) is 5.82 Å². The molecular formula is C10H12FN. The minimum absolute atomic E-state index is 0.201. The summed E-state index contributed by atoms with van der Waals surface area (Å²) in [4.78, 5) is 0. The third-order valence-electron chi connectivity index (χ3n) is 2.46. The Hall–Kier alpha value is -1.05. The van der Waals surface area contributed by atoms with Crippen molar-refractivity contribution in [3.63, 3.8) is 0 Å². The minimum atomic E-state index is -0.201. The van der Waals surface area contributed by atoms with Crippen LogP contribution in [-0.2, 0) is 12.8 Å². The van der Waals surface area contributed by atoms with Crippen molar-refractivity contribution in [2.75, 3.05) is 5.73 Å². The Balaban J connectivity index is 2.53. The van der Waals surface area contributed by atoms with Gasteiger partial charge >= 0.3 is 0 Å². The molecule has 0 saturated carbocycles. The molecule has 1 aromatic rings. The molecule has 0 aromatic heterocycles. The Morgan fingerprint density at radius 2 is 1.92 bits per heavy atom. The number of nitrogens with two attached hydrogens (primary N) is 1. The first-order chi connectivity index (χ1) is 5.77. The number of nitrogen functional groups attached to an aromatic ring is 1. The quantitative estimate of drug-likeness (QED) is 0.586. The van der Waals surface area contributed by atoms with Gasteiger partial charge in [0, 0.05) is 5.69 Å². The average molecular weight is 165 g/mol. The third-order valence-corrected chi connectivity index (χ3v) is 2.46. The summed E-state index contributed by atoms with van der Waals surface area (Å²) in [6, 6.07) is 3.04. The molecule has 0 bridgehead atoms. The zero-order valence-electron chi connectivity index (χ0n) is 6.94. The van der Waals surface area contributed by atoms with Gasteiger partial charge in [0.25, 0.3) is 0 Å². The topological polar surface area (TPSA) is 26.0 Å². The SMILES string of the molecule is Nc1cc(F)cc2c1CCCC2. The Bertz CT molecular complexity index is 307. The van der Waals surface area contributed by atoms with Crippen LogP contribution in [0.4, 0.5) is 10.1 Å². The molecule has 0 aliphatic heterocycles. The van der Waals surface area contributed by atoms with Crippen LogP contribution >= 0.6 is 0 Å². The molecular weight excluding hydrogens is 153 g/mol. The van der Waals surface area contributed by atoms with E-state index in [-0.39, 0.29) is 5.82 Å². The van der Waals surface area contributed by atoms with Crippen LogP contribution in [0.15, 0.2) is 12.1 Å². The van der Waals surface area contributed by atoms with Crippen LogP contribution < -0.4 is 5.73 Å². The molecule has 0 amide bonds. The summed E-state index contributed by atoms with van der Waals surface area (Å²) >= 11 is 0. The van der Waals surface area contributed by atoms with Gasteiger partial charge in [-0.2, -0.15) is 0 Å². The van der Waals surface area contributed by atoms with Crippen LogP contribution in [0.1, 0.15) is 24.0 Å². The standard InChI is InChI=1S/C10H12FN/c11-8-5-7-3-1-2-4-9(7)10(12)6-8/h5-6H,1-4,12H2. The number of halogens is 1. The molecule has 2 heteroatoms. The highest BCUT2D eigenvalue weighted by atomic mass is 19.1. The molecule has 0 radical (unpaired) electrons. The molecule has 2 N–H and O–H groups in total. The molecule has 1 aliphatic carbocycles. The lowest BCUT2D eigenvalue weighted by atomic mass is 9.90. The second-order valence-electron chi connectivity index (χ2n) is 3.34. The molecule has 0 spiro atoms. The lowest BCUT2D eigenvalue weighted by Crippen LogP contribution is -2.06. The van der Waals surface area contributed by atoms with Crippen molar-refractivity contribution in [2.24, 2.45) is 0 Å². The molecule has 1 aliphatic rings. The normalized spacial score (nSPS) is 15.8. The summed E-state index contributed by atoms with van der Waals surface area (Å²) < 4.78 is 12.9. The predicted octanol–water partition coefficient (Wildman–Crippen LogP) is 2.29. The first-order valence-corrected chi connectivity index (χ1v) is 4.34. The molecule has 1 nitrogen and oxygen atoms in total. The molecule has 0 fully saturated rings. The first kappa shape index (κ1) is 7.59. The summed E-state index contributed by atoms with van der Waals surface area (Å²) in [7, 11) is 0. The van der Waals surface area contributed by atoms with Gasteiger partial charge in [-0.3, -0.25) is 0 Å². The summed E-state index contributed by atoms with van der Waals surface area (Å²) in [6.45, 7) is 0. The van der Waals surface area contributed by atoms with E-state index in [0.29, 0.717) is 5.69 Å². The molecule has 2 rings (SSSR count). The van der Waals surface area contributed by atoms with E-state index < -0.39 is 0 Å². The van der Waals surface area contributed by atoms with E-state index in [9.17, 15) is 4.39 Å². The van der Waals surface area contributed by atoms with E-state index in [4.69, 9.17) is 5.73 Å². The van der Waals surface area contributed by atoms with Gasteiger partial charge in [0.05, 0.1) is 0 Å². The maximum Gasteiger partial charge on any atom is 0.125 e. The highest BCUT2D eigenvalue weighted by Gasteiger charge is 2.12. The van der Waals surface area contributed by atoms with Crippen LogP contribution in [0.2, 0.25) is 0 Å². The Morgan fingerprint density at radius 3 is 2.75 bits per heavy atom. The lowest BCUT2D eigenvalue weighted by molar-refractivity contribution is 0.615. The number of benzene rings is 1. The van der Waals surface area contributed by atoms with E-state index in [1.54, 1.807) is 6.07 Å². The van der Waals surface area contributed by atoms with Crippen molar-refractivity contribution in [1.29, 1.82) is 0 Å². The summed E-state index contributed by atoms with van der Waals surface area (Å²) in [6.07, 6.45) is 4.34. The third kappa shape index (κ3) is 1.17. The molecule has 64 valence electrons. The monoisotopic (exact) mass is 165 g/mol. The molecule has 0 saturated heterocycles. The second kappa shape index (κ2) is 2.77. The number of anilines is 1. The summed E-state index contributed by atoms with van der Waals surface area (Å²) in [5.74, 6) is -0.201. The Morgan fingerprint density at radius 1 is 1.17 bits per heavy atom. The number of aryl methyl sites for hydroxylation is 1. The number of rotatable bonds is 0. The fourth-order valence-corrected chi connectivity index (χ4v) is 1.86. The van der Waals surface area contributed by atoms with Crippen molar-refractivity contribution >= 4 is 5.69 Å².